The quantitative estimate of drug-likeness (QED) is 0.703. The van der Waals surface area contributed by atoms with Crippen LogP contribution in [0.2, 0.25) is 0 Å². The number of ether oxygens (including phenoxy) is 3. The largest absolute Gasteiger partial charge is 0.492 e. The fourth-order valence-corrected chi connectivity index (χ4v) is 2.73. The summed E-state index contributed by atoms with van der Waals surface area (Å²) in [4.78, 5) is 26.7. The number of carbonyl (C=O) groups is 2. The lowest BCUT2D eigenvalue weighted by Gasteiger charge is -2.31. The monoisotopic (exact) mass is 380 g/mol. The molecule has 0 saturated carbocycles. The zero-order valence-corrected chi connectivity index (χ0v) is 16.1. The van der Waals surface area contributed by atoms with Crippen LogP contribution in [0.5, 0.6) is 11.5 Å². The maximum atomic E-state index is 12.3. The average molecular weight is 380 g/mol. The summed E-state index contributed by atoms with van der Waals surface area (Å²) in [5.41, 5.74) is 6.55. The van der Waals surface area contributed by atoms with Crippen LogP contribution in [0.1, 0.15) is 13.8 Å². The van der Waals surface area contributed by atoms with Crippen LogP contribution in [0.15, 0.2) is 12.1 Å². The van der Waals surface area contributed by atoms with E-state index in [4.69, 9.17) is 19.9 Å². The van der Waals surface area contributed by atoms with E-state index in [-0.39, 0.29) is 12.5 Å². The topological polar surface area (TPSA) is 106 Å². The van der Waals surface area contributed by atoms with Crippen LogP contribution in [0, 0.1) is 0 Å². The zero-order chi connectivity index (χ0) is 19.8. The summed E-state index contributed by atoms with van der Waals surface area (Å²) < 4.78 is 16.9. The zero-order valence-electron chi connectivity index (χ0n) is 16.1. The third-order valence-corrected chi connectivity index (χ3v) is 4.04. The van der Waals surface area contributed by atoms with Gasteiger partial charge in [0.1, 0.15) is 18.0 Å². The van der Waals surface area contributed by atoms with Gasteiger partial charge in [-0.1, -0.05) is 0 Å². The molecule has 0 unspecified atom stereocenters. The lowest BCUT2D eigenvalue weighted by atomic mass is 10.2. The first kappa shape index (κ1) is 20.6. The Morgan fingerprint density at radius 2 is 1.81 bits per heavy atom. The molecule has 0 aliphatic carbocycles. The Labute approximate surface area is 159 Å². The van der Waals surface area contributed by atoms with Crippen molar-refractivity contribution in [2.24, 2.45) is 5.73 Å². The molecular weight excluding hydrogens is 352 g/mol. The number of benzene rings is 1. The molecule has 150 valence electrons. The molecule has 0 spiro atoms. The molecule has 1 fully saturated rings. The second-order valence-electron chi connectivity index (χ2n) is 6.02. The minimum atomic E-state index is -0.673. The normalized spacial score (nSPS) is 13.8. The molecule has 1 aliphatic heterocycles. The Balaban J connectivity index is 2.30. The molecule has 3 amide bonds. The van der Waals surface area contributed by atoms with Gasteiger partial charge in [-0.25, -0.2) is 4.79 Å². The van der Waals surface area contributed by atoms with Crippen LogP contribution in [0.3, 0.4) is 0 Å². The van der Waals surface area contributed by atoms with E-state index in [1.165, 1.54) is 7.05 Å². The Bertz CT molecular complexity index is 661. The highest BCUT2D eigenvalue weighted by Gasteiger charge is 2.21. The van der Waals surface area contributed by atoms with Gasteiger partial charge in [0, 0.05) is 32.3 Å². The van der Waals surface area contributed by atoms with Crippen molar-refractivity contribution in [3.63, 3.8) is 0 Å². The van der Waals surface area contributed by atoms with Crippen molar-refractivity contribution in [2.45, 2.75) is 13.8 Å². The molecule has 1 aliphatic rings. The lowest BCUT2D eigenvalue weighted by molar-refractivity contribution is -0.116. The minimum absolute atomic E-state index is 0.157. The third kappa shape index (κ3) is 5.65. The first-order valence-corrected chi connectivity index (χ1v) is 9.03. The molecule has 9 heteroatoms. The summed E-state index contributed by atoms with van der Waals surface area (Å²) in [6.07, 6.45) is 0. The smallest absolute Gasteiger partial charge is 0.314 e. The van der Waals surface area contributed by atoms with Gasteiger partial charge in [-0.05, 0) is 13.8 Å². The number of anilines is 2. The highest BCUT2D eigenvalue weighted by molar-refractivity contribution is 5.96. The summed E-state index contributed by atoms with van der Waals surface area (Å²) in [6, 6.07) is 2.95. The molecule has 0 atom stereocenters. The summed E-state index contributed by atoms with van der Waals surface area (Å²) in [5.74, 6) is 0.817. The van der Waals surface area contributed by atoms with Crippen molar-refractivity contribution in [3.8, 4) is 11.5 Å². The number of hydrogen-bond acceptors (Lipinski definition) is 6. The van der Waals surface area contributed by atoms with Crippen LogP contribution in [-0.4, -0.2) is 69.9 Å². The fourth-order valence-electron chi connectivity index (χ4n) is 2.73. The second kappa shape index (κ2) is 9.86. The van der Waals surface area contributed by atoms with Crippen molar-refractivity contribution >= 4 is 23.3 Å². The van der Waals surface area contributed by atoms with Crippen LogP contribution >= 0.6 is 0 Å². The molecule has 1 saturated heterocycles. The molecule has 9 nitrogen and oxygen atoms in total. The number of nitrogens with one attached hydrogen (secondary N) is 1. The van der Waals surface area contributed by atoms with Gasteiger partial charge in [-0.2, -0.15) is 0 Å². The first-order valence-electron chi connectivity index (χ1n) is 9.03. The molecule has 2 rings (SSSR count). The maximum absolute atomic E-state index is 12.3. The second-order valence-corrected chi connectivity index (χ2v) is 6.02. The van der Waals surface area contributed by atoms with Crippen molar-refractivity contribution in [1.29, 1.82) is 0 Å². The molecule has 27 heavy (non-hydrogen) atoms. The lowest BCUT2D eigenvalue weighted by Crippen LogP contribution is -2.38. The number of nitrogens with zero attached hydrogens (tertiary/aromatic N) is 2. The molecule has 0 aromatic heterocycles. The number of hydrogen-bond donors (Lipinski definition) is 2. The van der Waals surface area contributed by atoms with E-state index in [0.29, 0.717) is 43.6 Å². The third-order valence-electron chi connectivity index (χ3n) is 4.04. The highest BCUT2D eigenvalue weighted by Crippen LogP contribution is 2.39. The van der Waals surface area contributed by atoms with Gasteiger partial charge in [0.15, 0.2) is 0 Å². The maximum Gasteiger partial charge on any atom is 0.314 e. The Kier molecular flexibility index (Phi) is 7.54. The molecule has 1 aromatic carbocycles. The number of rotatable bonds is 8. The number of likely N-dealkylation sites (N-methyl/N-ethyl adjacent to an activating group) is 1. The molecule has 3 N–H and O–H groups in total. The van der Waals surface area contributed by atoms with Crippen LogP contribution in [0.25, 0.3) is 0 Å². The van der Waals surface area contributed by atoms with Gasteiger partial charge < -0.3 is 35.1 Å². The average Bonchev–Trinajstić information content (AvgIpc) is 2.64. The van der Waals surface area contributed by atoms with Crippen molar-refractivity contribution in [3.05, 3.63) is 12.1 Å². The molecule has 1 aromatic rings. The van der Waals surface area contributed by atoms with Gasteiger partial charge in [0.25, 0.3) is 0 Å². The van der Waals surface area contributed by atoms with E-state index >= 15 is 0 Å². The number of urea groups is 1. The number of nitrogens with two attached hydrogens (primary N) is 1. The van der Waals surface area contributed by atoms with Crippen molar-refractivity contribution in [1.82, 2.24) is 4.90 Å². The summed E-state index contributed by atoms with van der Waals surface area (Å²) in [7, 11) is 1.46. The van der Waals surface area contributed by atoms with Crippen molar-refractivity contribution < 1.29 is 23.8 Å². The Morgan fingerprint density at radius 1 is 1.19 bits per heavy atom. The Hall–Kier alpha value is -2.68. The fraction of sp³-hybridized carbons (Fsp3) is 0.556. The van der Waals surface area contributed by atoms with E-state index in [1.807, 2.05) is 19.9 Å². The number of amides is 3. The predicted molar refractivity (Wildman–Crippen MR) is 103 cm³/mol. The van der Waals surface area contributed by atoms with E-state index < -0.39 is 6.03 Å². The molecule has 0 radical (unpaired) electrons. The Morgan fingerprint density at radius 3 is 2.41 bits per heavy atom. The van der Waals surface area contributed by atoms with Gasteiger partial charge >= 0.3 is 6.03 Å². The van der Waals surface area contributed by atoms with Gasteiger partial charge in [0.05, 0.1) is 37.8 Å². The molecule has 0 bridgehead atoms. The number of primary amides is 1. The summed E-state index contributed by atoms with van der Waals surface area (Å²) in [5, 5.41) is 2.77. The number of carbonyl (C=O) groups excluding carboxylic acids is 2. The van der Waals surface area contributed by atoms with Crippen LogP contribution in [-0.2, 0) is 9.53 Å². The SMILES string of the molecule is CCOc1cc(N2CCOCC2)c(OCC)cc1NC(=O)CN(C)C(N)=O. The van der Waals surface area contributed by atoms with E-state index in [0.717, 1.165) is 23.7 Å². The van der Waals surface area contributed by atoms with E-state index in [2.05, 4.69) is 10.2 Å². The van der Waals surface area contributed by atoms with Crippen LogP contribution in [0.4, 0.5) is 16.2 Å². The first-order chi connectivity index (χ1) is 13.0. The predicted octanol–water partition coefficient (Wildman–Crippen LogP) is 1.27. The van der Waals surface area contributed by atoms with Gasteiger partial charge in [-0.15, -0.1) is 0 Å². The summed E-state index contributed by atoms with van der Waals surface area (Å²) >= 11 is 0. The molecule has 1 heterocycles. The van der Waals surface area contributed by atoms with Crippen molar-refractivity contribution in [2.75, 3.05) is 63.3 Å². The molecular formula is C18H28N4O5. The summed E-state index contributed by atoms with van der Waals surface area (Å²) in [6.45, 7) is 7.35. The van der Waals surface area contributed by atoms with Gasteiger partial charge in [0.2, 0.25) is 5.91 Å². The van der Waals surface area contributed by atoms with Gasteiger partial charge in [-0.3, -0.25) is 4.79 Å². The highest BCUT2D eigenvalue weighted by atomic mass is 16.5. The number of morpholine rings is 1. The minimum Gasteiger partial charge on any atom is -0.492 e. The van der Waals surface area contributed by atoms with E-state index in [9.17, 15) is 9.59 Å². The standard InChI is InChI=1S/C18H28N4O5/c1-4-26-15-11-14(22-6-8-25-9-7-22)16(27-5-2)10-13(15)20-17(23)12-21(3)18(19)24/h10-11H,4-9,12H2,1-3H3,(H2,19,24)(H,20,23). The van der Waals surface area contributed by atoms with Crippen LogP contribution < -0.4 is 25.4 Å². The van der Waals surface area contributed by atoms with E-state index in [1.54, 1.807) is 6.07 Å².